The minimum absolute atomic E-state index is 0.343. The number of aliphatic hydroxyl groups excluding tert-OH is 1. The standard InChI is InChI=1S/C15H23NO/c1-2-13-3-5-15(6-4-13)16-10-7-14(8-11-16)9-12-17/h3-6,14,17H,2,7-12H2,1H3. The molecule has 1 saturated heterocycles. The van der Waals surface area contributed by atoms with Crippen LogP contribution in [0.1, 0.15) is 31.7 Å². The third kappa shape index (κ3) is 3.22. The van der Waals surface area contributed by atoms with Crippen LogP contribution < -0.4 is 4.90 Å². The van der Waals surface area contributed by atoms with E-state index in [0.29, 0.717) is 6.61 Å². The number of rotatable bonds is 4. The fourth-order valence-electron chi connectivity index (χ4n) is 2.60. The summed E-state index contributed by atoms with van der Waals surface area (Å²) in [5.41, 5.74) is 2.76. The zero-order valence-corrected chi connectivity index (χ0v) is 10.7. The summed E-state index contributed by atoms with van der Waals surface area (Å²) < 4.78 is 0. The van der Waals surface area contributed by atoms with Gasteiger partial charge in [0.15, 0.2) is 0 Å². The first-order valence-electron chi connectivity index (χ1n) is 6.78. The van der Waals surface area contributed by atoms with E-state index in [4.69, 9.17) is 5.11 Å². The van der Waals surface area contributed by atoms with Gasteiger partial charge in [0.1, 0.15) is 0 Å². The molecule has 1 aliphatic heterocycles. The average Bonchev–Trinajstić information content (AvgIpc) is 2.40. The van der Waals surface area contributed by atoms with Crippen molar-refractivity contribution in [1.82, 2.24) is 0 Å². The molecule has 1 N–H and O–H groups in total. The molecule has 0 aromatic heterocycles. The molecular weight excluding hydrogens is 210 g/mol. The summed E-state index contributed by atoms with van der Waals surface area (Å²) in [5, 5.41) is 8.95. The highest BCUT2D eigenvalue weighted by Gasteiger charge is 2.18. The molecule has 0 spiro atoms. The Morgan fingerprint density at radius 1 is 1.18 bits per heavy atom. The second-order valence-electron chi connectivity index (χ2n) is 4.96. The van der Waals surface area contributed by atoms with Gasteiger partial charge in [0.2, 0.25) is 0 Å². The van der Waals surface area contributed by atoms with Crippen LogP contribution in [0.5, 0.6) is 0 Å². The Morgan fingerprint density at radius 3 is 2.35 bits per heavy atom. The van der Waals surface area contributed by atoms with Crippen molar-refractivity contribution in [2.45, 2.75) is 32.6 Å². The van der Waals surface area contributed by atoms with Crippen molar-refractivity contribution in [1.29, 1.82) is 0 Å². The number of hydrogen-bond acceptors (Lipinski definition) is 2. The third-order valence-electron chi connectivity index (χ3n) is 3.86. The Kier molecular flexibility index (Phi) is 4.43. The minimum atomic E-state index is 0.343. The smallest absolute Gasteiger partial charge is 0.0433 e. The van der Waals surface area contributed by atoms with Crippen LogP contribution in [0.25, 0.3) is 0 Å². The maximum atomic E-state index is 8.95. The van der Waals surface area contributed by atoms with Crippen LogP contribution in [-0.4, -0.2) is 24.8 Å². The van der Waals surface area contributed by atoms with E-state index in [2.05, 4.69) is 36.1 Å². The summed E-state index contributed by atoms with van der Waals surface area (Å²) in [7, 11) is 0. The second-order valence-corrected chi connectivity index (χ2v) is 4.96. The van der Waals surface area contributed by atoms with E-state index in [1.54, 1.807) is 0 Å². The maximum absolute atomic E-state index is 8.95. The Labute approximate surface area is 104 Å². The normalized spacial score (nSPS) is 17.4. The Balaban J connectivity index is 1.91. The number of aryl methyl sites for hydroxylation is 1. The molecule has 0 amide bonds. The number of aliphatic hydroxyl groups is 1. The third-order valence-corrected chi connectivity index (χ3v) is 3.86. The van der Waals surface area contributed by atoms with Gasteiger partial charge in [-0.15, -0.1) is 0 Å². The minimum Gasteiger partial charge on any atom is -0.396 e. The maximum Gasteiger partial charge on any atom is 0.0433 e. The summed E-state index contributed by atoms with van der Waals surface area (Å²) in [5.74, 6) is 0.728. The van der Waals surface area contributed by atoms with Gasteiger partial charge in [-0.1, -0.05) is 19.1 Å². The van der Waals surface area contributed by atoms with Crippen molar-refractivity contribution in [3.05, 3.63) is 29.8 Å². The van der Waals surface area contributed by atoms with Crippen LogP contribution in [-0.2, 0) is 6.42 Å². The largest absolute Gasteiger partial charge is 0.396 e. The summed E-state index contributed by atoms with van der Waals surface area (Å²) in [6.45, 7) is 4.80. The van der Waals surface area contributed by atoms with Crippen LogP contribution in [0.15, 0.2) is 24.3 Å². The van der Waals surface area contributed by atoms with Crippen LogP contribution in [0.3, 0.4) is 0 Å². The van der Waals surface area contributed by atoms with Gasteiger partial charge in [-0.2, -0.15) is 0 Å². The van der Waals surface area contributed by atoms with Gasteiger partial charge in [-0.25, -0.2) is 0 Å². The Bertz CT molecular complexity index is 325. The molecule has 94 valence electrons. The summed E-state index contributed by atoms with van der Waals surface area (Å²) in [6, 6.07) is 8.95. The highest BCUT2D eigenvalue weighted by Crippen LogP contribution is 2.25. The van der Waals surface area contributed by atoms with E-state index < -0.39 is 0 Å². The van der Waals surface area contributed by atoms with Crippen molar-refractivity contribution >= 4 is 5.69 Å². The summed E-state index contributed by atoms with van der Waals surface area (Å²) in [4.78, 5) is 2.47. The molecule has 1 aromatic rings. The number of nitrogens with zero attached hydrogens (tertiary/aromatic N) is 1. The first-order valence-corrected chi connectivity index (χ1v) is 6.78. The van der Waals surface area contributed by atoms with Crippen LogP contribution >= 0.6 is 0 Å². The van der Waals surface area contributed by atoms with Crippen molar-refractivity contribution in [2.75, 3.05) is 24.6 Å². The Morgan fingerprint density at radius 2 is 1.82 bits per heavy atom. The predicted molar refractivity (Wildman–Crippen MR) is 72.5 cm³/mol. The van der Waals surface area contributed by atoms with Crippen molar-refractivity contribution in [2.24, 2.45) is 5.92 Å². The van der Waals surface area contributed by atoms with E-state index in [1.807, 2.05) is 0 Å². The monoisotopic (exact) mass is 233 g/mol. The van der Waals surface area contributed by atoms with E-state index in [9.17, 15) is 0 Å². The zero-order valence-electron chi connectivity index (χ0n) is 10.7. The number of hydrogen-bond donors (Lipinski definition) is 1. The van der Waals surface area contributed by atoms with E-state index >= 15 is 0 Å². The molecule has 2 rings (SSSR count). The SMILES string of the molecule is CCc1ccc(N2CCC(CCO)CC2)cc1. The van der Waals surface area contributed by atoms with Gasteiger partial charge in [-0.3, -0.25) is 0 Å². The van der Waals surface area contributed by atoms with Crippen LogP contribution in [0.4, 0.5) is 5.69 Å². The quantitative estimate of drug-likeness (QED) is 0.864. The molecule has 1 heterocycles. The van der Waals surface area contributed by atoms with E-state index in [0.717, 1.165) is 31.8 Å². The fraction of sp³-hybridized carbons (Fsp3) is 0.600. The Hall–Kier alpha value is -1.02. The highest BCUT2D eigenvalue weighted by molar-refractivity contribution is 5.47. The summed E-state index contributed by atoms with van der Waals surface area (Å²) in [6.07, 6.45) is 4.52. The first-order chi connectivity index (χ1) is 8.33. The van der Waals surface area contributed by atoms with Gasteiger partial charge in [0, 0.05) is 25.4 Å². The lowest BCUT2D eigenvalue weighted by Gasteiger charge is -2.33. The van der Waals surface area contributed by atoms with Gasteiger partial charge in [-0.05, 0) is 49.3 Å². The number of benzene rings is 1. The van der Waals surface area contributed by atoms with Crippen LogP contribution in [0, 0.1) is 5.92 Å². The lowest BCUT2D eigenvalue weighted by atomic mass is 9.93. The molecule has 1 aromatic carbocycles. The molecule has 0 atom stereocenters. The molecular formula is C15H23NO. The van der Waals surface area contributed by atoms with Gasteiger partial charge < -0.3 is 10.0 Å². The molecule has 0 bridgehead atoms. The number of anilines is 1. The van der Waals surface area contributed by atoms with E-state index in [1.165, 1.54) is 24.1 Å². The summed E-state index contributed by atoms with van der Waals surface area (Å²) >= 11 is 0. The average molecular weight is 233 g/mol. The predicted octanol–water partition coefficient (Wildman–Crippen LogP) is 2.85. The fourth-order valence-corrected chi connectivity index (χ4v) is 2.60. The number of piperidine rings is 1. The lowest BCUT2D eigenvalue weighted by Crippen LogP contribution is -2.33. The second kappa shape index (κ2) is 6.06. The van der Waals surface area contributed by atoms with Gasteiger partial charge in [0.25, 0.3) is 0 Å². The zero-order chi connectivity index (χ0) is 12.1. The van der Waals surface area contributed by atoms with Gasteiger partial charge >= 0.3 is 0 Å². The van der Waals surface area contributed by atoms with Crippen molar-refractivity contribution in [3.8, 4) is 0 Å². The molecule has 2 nitrogen and oxygen atoms in total. The lowest BCUT2D eigenvalue weighted by molar-refractivity contribution is 0.240. The molecule has 17 heavy (non-hydrogen) atoms. The first kappa shape index (κ1) is 12.4. The van der Waals surface area contributed by atoms with Gasteiger partial charge in [0.05, 0.1) is 0 Å². The van der Waals surface area contributed by atoms with E-state index in [-0.39, 0.29) is 0 Å². The van der Waals surface area contributed by atoms with Crippen LogP contribution in [0.2, 0.25) is 0 Å². The molecule has 0 saturated carbocycles. The molecule has 1 aliphatic rings. The molecule has 0 radical (unpaired) electrons. The highest BCUT2D eigenvalue weighted by atomic mass is 16.3. The molecule has 0 aliphatic carbocycles. The molecule has 2 heteroatoms. The molecule has 1 fully saturated rings. The van der Waals surface area contributed by atoms with Crippen molar-refractivity contribution < 1.29 is 5.11 Å². The topological polar surface area (TPSA) is 23.5 Å². The molecule has 0 unspecified atom stereocenters. The van der Waals surface area contributed by atoms with Crippen molar-refractivity contribution in [3.63, 3.8) is 0 Å².